The number of rotatable bonds is 8. The first kappa shape index (κ1) is 22.2. The fraction of sp³-hybridized carbons (Fsp3) is 0.375. The molecule has 168 valence electrons. The number of amides is 1. The average Bonchev–Trinajstić information content (AvgIpc) is 3.45. The second kappa shape index (κ2) is 10.1. The van der Waals surface area contributed by atoms with Gasteiger partial charge in [0.1, 0.15) is 12.3 Å². The molecule has 1 amide bonds. The maximum atomic E-state index is 12.9. The number of nitrogens with one attached hydrogen (secondary N) is 2. The predicted octanol–water partition coefficient (Wildman–Crippen LogP) is 3.88. The molecular weight excluding hydrogens is 422 g/mol. The van der Waals surface area contributed by atoms with E-state index in [1.807, 2.05) is 49.4 Å². The largest absolute Gasteiger partial charge is 0.496 e. The minimum Gasteiger partial charge on any atom is -0.496 e. The van der Waals surface area contributed by atoms with Gasteiger partial charge in [0.05, 0.1) is 13.2 Å². The summed E-state index contributed by atoms with van der Waals surface area (Å²) in [4.78, 5) is 15.4. The Balaban J connectivity index is 1.50. The Morgan fingerprint density at radius 3 is 2.75 bits per heavy atom. The number of methoxy groups -OCH3 is 1. The number of hydrogen-bond acceptors (Lipinski definition) is 5. The Morgan fingerprint density at radius 2 is 2.00 bits per heavy atom. The zero-order chi connectivity index (χ0) is 22.5. The first-order chi connectivity index (χ1) is 15.6. The first-order valence-electron chi connectivity index (χ1n) is 10.9. The SMILES string of the molecule is COc1ccccc1C(CNC(=O)Cn1c(-c2cccc(C)c2)n[nH]c1=S)N1CCCC1. The van der Waals surface area contributed by atoms with E-state index in [-0.39, 0.29) is 18.5 Å². The van der Waals surface area contributed by atoms with Crippen molar-refractivity contribution in [2.24, 2.45) is 0 Å². The van der Waals surface area contributed by atoms with Crippen LogP contribution in [0, 0.1) is 11.7 Å². The van der Waals surface area contributed by atoms with Crippen LogP contribution in [-0.4, -0.2) is 52.3 Å². The second-order valence-corrected chi connectivity index (χ2v) is 8.50. The molecule has 2 N–H and O–H groups in total. The summed E-state index contributed by atoms with van der Waals surface area (Å²) in [6.45, 7) is 4.67. The Labute approximate surface area is 193 Å². The van der Waals surface area contributed by atoms with E-state index in [2.05, 4.69) is 26.5 Å². The third kappa shape index (κ3) is 4.92. The highest BCUT2D eigenvalue weighted by molar-refractivity contribution is 7.71. The maximum absolute atomic E-state index is 12.9. The van der Waals surface area contributed by atoms with Gasteiger partial charge in [-0.05, 0) is 57.2 Å². The second-order valence-electron chi connectivity index (χ2n) is 8.11. The fourth-order valence-electron chi connectivity index (χ4n) is 4.31. The molecule has 1 atom stereocenters. The standard InChI is InChI=1S/C24H29N5O2S/c1-17-8-7-9-18(14-17)23-26-27-24(32)29(23)16-22(30)25-15-20(28-12-5-6-13-28)19-10-3-4-11-21(19)31-2/h3-4,7-11,14,20H,5-6,12-13,15-16H2,1-2H3,(H,25,30)(H,27,32). The Morgan fingerprint density at radius 1 is 1.22 bits per heavy atom. The summed E-state index contributed by atoms with van der Waals surface area (Å²) in [6.07, 6.45) is 2.34. The van der Waals surface area contributed by atoms with Crippen LogP contribution >= 0.6 is 12.2 Å². The van der Waals surface area contributed by atoms with Crippen molar-refractivity contribution in [1.82, 2.24) is 25.0 Å². The molecule has 0 spiro atoms. The quantitative estimate of drug-likeness (QED) is 0.509. The predicted molar refractivity (Wildman–Crippen MR) is 127 cm³/mol. The van der Waals surface area contributed by atoms with E-state index in [1.54, 1.807) is 11.7 Å². The molecule has 1 aromatic heterocycles. The molecule has 1 unspecified atom stereocenters. The Bertz CT molecular complexity index is 1130. The van der Waals surface area contributed by atoms with Crippen LogP contribution in [0.3, 0.4) is 0 Å². The van der Waals surface area contributed by atoms with Gasteiger partial charge in [-0.25, -0.2) is 0 Å². The van der Waals surface area contributed by atoms with E-state index in [9.17, 15) is 4.79 Å². The van der Waals surface area contributed by atoms with Crippen molar-refractivity contribution < 1.29 is 9.53 Å². The van der Waals surface area contributed by atoms with Crippen LogP contribution in [0.4, 0.5) is 0 Å². The molecular formula is C24H29N5O2S. The van der Waals surface area contributed by atoms with Crippen LogP contribution in [0.15, 0.2) is 48.5 Å². The Hall–Kier alpha value is -2.97. The molecule has 1 fully saturated rings. The number of hydrogen-bond donors (Lipinski definition) is 2. The summed E-state index contributed by atoms with van der Waals surface area (Å²) >= 11 is 5.40. The van der Waals surface area contributed by atoms with E-state index in [0.29, 0.717) is 17.1 Å². The van der Waals surface area contributed by atoms with E-state index >= 15 is 0 Å². The number of nitrogens with zero attached hydrogens (tertiary/aromatic N) is 3. The molecule has 32 heavy (non-hydrogen) atoms. The fourth-order valence-corrected chi connectivity index (χ4v) is 4.51. The molecule has 0 bridgehead atoms. The molecule has 1 aliphatic heterocycles. The van der Waals surface area contributed by atoms with Crippen LogP contribution in [0.2, 0.25) is 0 Å². The average molecular weight is 452 g/mol. The highest BCUT2D eigenvalue weighted by Crippen LogP contribution is 2.31. The summed E-state index contributed by atoms with van der Waals surface area (Å²) in [6, 6.07) is 16.1. The smallest absolute Gasteiger partial charge is 0.240 e. The minimum atomic E-state index is -0.101. The Kier molecular flexibility index (Phi) is 7.02. The lowest BCUT2D eigenvalue weighted by atomic mass is 10.0. The number of carbonyl (C=O) groups excluding carboxylic acids is 1. The normalized spacial score (nSPS) is 14.9. The molecule has 0 saturated carbocycles. The van der Waals surface area contributed by atoms with Gasteiger partial charge < -0.3 is 10.1 Å². The number of carbonyl (C=O) groups is 1. The monoisotopic (exact) mass is 451 g/mol. The van der Waals surface area contributed by atoms with Crippen molar-refractivity contribution >= 4 is 18.1 Å². The van der Waals surface area contributed by atoms with Crippen LogP contribution in [0.1, 0.15) is 30.0 Å². The topological polar surface area (TPSA) is 75.2 Å². The van der Waals surface area contributed by atoms with E-state index in [4.69, 9.17) is 17.0 Å². The summed E-state index contributed by atoms with van der Waals surface area (Å²) in [5, 5.41) is 10.3. The summed E-state index contributed by atoms with van der Waals surface area (Å²) in [7, 11) is 1.69. The van der Waals surface area contributed by atoms with Crippen molar-refractivity contribution in [1.29, 1.82) is 0 Å². The number of H-pyrrole nitrogens is 1. The van der Waals surface area contributed by atoms with Gasteiger partial charge in [-0.1, -0.05) is 42.0 Å². The third-order valence-corrected chi connectivity index (χ3v) is 6.22. The van der Waals surface area contributed by atoms with Crippen LogP contribution in [-0.2, 0) is 11.3 Å². The van der Waals surface area contributed by atoms with Gasteiger partial charge in [0, 0.05) is 17.7 Å². The number of benzene rings is 2. The molecule has 8 heteroatoms. The van der Waals surface area contributed by atoms with Crippen molar-refractivity contribution in [2.75, 3.05) is 26.7 Å². The zero-order valence-corrected chi connectivity index (χ0v) is 19.3. The number of aromatic nitrogens is 3. The van der Waals surface area contributed by atoms with Gasteiger partial charge in [0.2, 0.25) is 5.91 Å². The third-order valence-electron chi connectivity index (χ3n) is 5.91. The van der Waals surface area contributed by atoms with Crippen LogP contribution in [0.5, 0.6) is 5.75 Å². The summed E-state index contributed by atoms with van der Waals surface area (Å²) in [5.74, 6) is 1.41. The van der Waals surface area contributed by atoms with Gasteiger partial charge in [-0.3, -0.25) is 19.4 Å². The van der Waals surface area contributed by atoms with E-state index < -0.39 is 0 Å². The highest BCUT2D eigenvalue weighted by atomic mass is 32.1. The number of ether oxygens (including phenoxy) is 1. The van der Waals surface area contributed by atoms with Crippen molar-refractivity contribution in [3.63, 3.8) is 0 Å². The number of likely N-dealkylation sites (tertiary alicyclic amines) is 1. The van der Waals surface area contributed by atoms with Crippen molar-refractivity contribution in [3.8, 4) is 17.1 Å². The molecule has 0 radical (unpaired) electrons. The van der Waals surface area contributed by atoms with Crippen LogP contribution < -0.4 is 10.1 Å². The first-order valence-corrected chi connectivity index (χ1v) is 11.3. The van der Waals surface area contributed by atoms with Gasteiger partial charge in [0.15, 0.2) is 10.6 Å². The number of aromatic amines is 1. The lowest BCUT2D eigenvalue weighted by Crippen LogP contribution is -2.38. The van der Waals surface area contributed by atoms with Gasteiger partial charge in [0.25, 0.3) is 0 Å². The molecule has 7 nitrogen and oxygen atoms in total. The van der Waals surface area contributed by atoms with E-state index in [0.717, 1.165) is 35.5 Å². The molecule has 2 heterocycles. The lowest BCUT2D eigenvalue weighted by Gasteiger charge is -2.29. The molecule has 4 rings (SSSR count). The lowest BCUT2D eigenvalue weighted by molar-refractivity contribution is -0.121. The summed E-state index contributed by atoms with van der Waals surface area (Å²) < 4.78 is 7.77. The summed E-state index contributed by atoms with van der Waals surface area (Å²) in [5.41, 5.74) is 3.14. The van der Waals surface area contributed by atoms with Gasteiger partial charge >= 0.3 is 0 Å². The van der Waals surface area contributed by atoms with Gasteiger partial charge in [-0.15, -0.1) is 0 Å². The minimum absolute atomic E-state index is 0.0613. The zero-order valence-electron chi connectivity index (χ0n) is 18.5. The van der Waals surface area contributed by atoms with Crippen molar-refractivity contribution in [3.05, 3.63) is 64.4 Å². The molecule has 2 aromatic carbocycles. The molecule has 1 saturated heterocycles. The van der Waals surface area contributed by atoms with Crippen molar-refractivity contribution in [2.45, 2.75) is 32.4 Å². The number of para-hydroxylation sites is 1. The van der Waals surface area contributed by atoms with Crippen LogP contribution in [0.25, 0.3) is 11.4 Å². The molecule has 0 aliphatic carbocycles. The molecule has 1 aliphatic rings. The number of aryl methyl sites for hydroxylation is 1. The van der Waals surface area contributed by atoms with Gasteiger partial charge in [-0.2, -0.15) is 5.10 Å². The van der Waals surface area contributed by atoms with E-state index in [1.165, 1.54) is 12.8 Å². The maximum Gasteiger partial charge on any atom is 0.240 e. The highest BCUT2D eigenvalue weighted by Gasteiger charge is 2.26. The molecule has 3 aromatic rings.